The first kappa shape index (κ1) is 18.9. The second kappa shape index (κ2) is 7.62. The third-order valence-electron chi connectivity index (χ3n) is 5.75. The molecule has 2 aliphatic carbocycles. The first-order valence-electron chi connectivity index (χ1n) is 10.3. The molecule has 156 valence electrons. The van der Waals surface area contributed by atoms with Gasteiger partial charge in [-0.05, 0) is 38.7 Å². The fourth-order valence-electron chi connectivity index (χ4n) is 3.60. The molecule has 0 amide bonds. The number of nitrogens with zero attached hydrogens (tertiary/aromatic N) is 4. The highest BCUT2D eigenvalue weighted by Gasteiger charge is 2.28. The SMILES string of the molecule is CC(Nc1nc(Nc2cc(C3CCC3)[nH]n2)nc(C2CC2)n1)c1ccc(F)cc1F. The fourth-order valence-corrected chi connectivity index (χ4v) is 3.60. The molecular formula is C21H23F2N7. The summed E-state index contributed by atoms with van der Waals surface area (Å²) < 4.78 is 27.3. The topological polar surface area (TPSA) is 91.4 Å². The van der Waals surface area contributed by atoms with E-state index in [2.05, 4.69) is 35.8 Å². The molecule has 5 rings (SSSR count). The second-order valence-electron chi connectivity index (χ2n) is 8.11. The molecule has 7 nitrogen and oxygen atoms in total. The Labute approximate surface area is 172 Å². The standard InChI is InChI=1S/C21H23F2N7/c1-11(15-8-7-14(22)9-16(15)23)24-20-26-19(13-5-6-13)27-21(28-20)25-18-10-17(29-30-18)12-3-2-4-12/h7-13H,2-6H2,1H3,(H3,24,25,26,27,28,29,30). The smallest absolute Gasteiger partial charge is 0.233 e. The van der Waals surface area contributed by atoms with Crippen LogP contribution in [0.15, 0.2) is 24.3 Å². The highest BCUT2D eigenvalue weighted by Crippen LogP contribution is 2.39. The van der Waals surface area contributed by atoms with Crippen molar-refractivity contribution >= 4 is 17.7 Å². The minimum absolute atomic E-state index is 0.316. The summed E-state index contributed by atoms with van der Waals surface area (Å²) in [6.45, 7) is 1.78. The van der Waals surface area contributed by atoms with Gasteiger partial charge in [0, 0.05) is 35.2 Å². The average molecular weight is 411 g/mol. The molecule has 3 aromatic rings. The number of aromatic amines is 1. The van der Waals surface area contributed by atoms with Crippen molar-refractivity contribution in [1.82, 2.24) is 25.1 Å². The zero-order chi connectivity index (χ0) is 20.7. The summed E-state index contributed by atoms with van der Waals surface area (Å²) in [6, 6.07) is 5.10. The molecule has 0 saturated heterocycles. The predicted molar refractivity (Wildman–Crippen MR) is 109 cm³/mol. The van der Waals surface area contributed by atoms with Gasteiger partial charge in [0.05, 0.1) is 6.04 Å². The number of rotatable bonds is 7. The van der Waals surface area contributed by atoms with Gasteiger partial charge < -0.3 is 10.6 Å². The lowest BCUT2D eigenvalue weighted by Gasteiger charge is -2.23. The van der Waals surface area contributed by atoms with Crippen LogP contribution >= 0.6 is 0 Å². The summed E-state index contributed by atoms with van der Waals surface area (Å²) in [4.78, 5) is 13.5. The van der Waals surface area contributed by atoms with E-state index in [0.717, 1.165) is 24.6 Å². The monoisotopic (exact) mass is 411 g/mol. The van der Waals surface area contributed by atoms with Crippen LogP contribution in [-0.2, 0) is 0 Å². The van der Waals surface area contributed by atoms with Crippen molar-refractivity contribution in [3.63, 3.8) is 0 Å². The van der Waals surface area contributed by atoms with E-state index < -0.39 is 17.7 Å². The van der Waals surface area contributed by atoms with Crippen LogP contribution in [0.1, 0.15) is 74.0 Å². The van der Waals surface area contributed by atoms with Crippen LogP contribution in [-0.4, -0.2) is 25.1 Å². The van der Waals surface area contributed by atoms with E-state index in [-0.39, 0.29) is 0 Å². The van der Waals surface area contributed by atoms with Crippen molar-refractivity contribution in [2.24, 2.45) is 0 Å². The highest BCUT2D eigenvalue weighted by atomic mass is 19.1. The fraction of sp³-hybridized carbons (Fsp3) is 0.429. The molecule has 1 aromatic carbocycles. The maximum Gasteiger partial charge on any atom is 0.233 e. The van der Waals surface area contributed by atoms with E-state index in [0.29, 0.717) is 40.9 Å². The number of hydrogen-bond donors (Lipinski definition) is 3. The molecule has 0 radical (unpaired) electrons. The molecule has 0 aliphatic heterocycles. The number of nitrogens with one attached hydrogen (secondary N) is 3. The first-order chi connectivity index (χ1) is 14.5. The molecule has 2 fully saturated rings. The average Bonchev–Trinajstić information content (AvgIpc) is 3.41. The largest absolute Gasteiger partial charge is 0.347 e. The molecule has 0 bridgehead atoms. The van der Waals surface area contributed by atoms with Gasteiger partial charge in [-0.3, -0.25) is 5.10 Å². The molecule has 3 N–H and O–H groups in total. The number of halogens is 2. The second-order valence-corrected chi connectivity index (χ2v) is 8.11. The van der Waals surface area contributed by atoms with Gasteiger partial charge in [-0.2, -0.15) is 20.1 Å². The molecule has 30 heavy (non-hydrogen) atoms. The van der Waals surface area contributed by atoms with Crippen LogP contribution in [0.5, 0.6) is 0 Å². The molecule has 1 atom stereocenters. The van der Waals surface area contributed by atoms with Crippen LogP contribution in [0.3, 0.4) is 0 Å². The number of aromatic nitrogens is 5. The van der Waals surface area contributed by atoms with Crippen molar-refractivity contribution in [3.05, 3.63) is 53.0 Å². The third-order valence-corrected chi connectivity index (χ3v) is 5.75. The highest BCUT2D eigenvalue weighted by molar-refractivity contribution is 5.50. The summed E-state index contributed by atoms with van der Waals surface area (Å²) in [5.41, 5.74) is 1.47. The zero-order valence-electron chi connectivity index (χ0n) is 16.6. The lowest BCUT2D eigenvalue weighted by molar-refractivity contribution is 0.410. The Morgan fingerprint density at radius 3 is 2.50 bits per heavy atom. The van der Waals surface area contributed by atoms with E-state index in [4.69, 9.17) is 0 Å². The van der Waals surface area contributed by atoms with Crippen LogP contribution in [0.25, 0.3) is 0 Å². The minimum Gasteiger partial charge on any atom is -0.347 e. The van der Waals surface area contributed by atoms with E-state index >= 15 is 0 Å². The van der Waals surface area contributed by atoms with Crippen LogP contribution in [0, 0.1) is 11.6 Å². The maximum atomic E-state index is 14.1. The minimum atomic E-state index is -0.607. The Morgan fingerprint density at radius 2 is 1.80 bits per heavy atom. The molecule has 2 saturated carbocycles. The Kier molecular flexibility index (Phi) is 4.80. The van der Waals surface area contributed by atoms with Gasteiger partial charge in [-0.15, -0.1) is 0 Å². The predicted octanol–water partition coefficient (Wildman–Crippen LogP) is 4.93. The Bertz CT molecular complexity index is 1060. The van der Waals surface area contributed by atoms with Gasteiger partial charge in [0.25, 0.3) is 0 Å². The molecule has 1 unspecified atom stereocenters. The summed E-state index contributed by atoms with van der Waals surface area (Å²) >= 11 is 0. The quantitative estimate of drug-likeness (QED) is 0.510. The van der Waals surface area contributed by atoms with Gasteiger partial charge in [-0.1, -0.05) is 12.5 Å². The van der Waals surface area contributed by atoms with Gasteiger partial charge in [0.2, 0.25) is 11.9 Å². The zero-order valence-corrected chi connectivity index (χ0v) is 16.6. The van der Waals surface area contributed by atoms with Crippen molar-refractivity contribution in [3.8, 4) is 0 Å². The number of benzene rings is 1. The summed E-state index contributed by atoms with van der Waals surface area (Å²) in [5, 5.41) is 13.7. The molecule has 2 aliphatic rings. The van der Waals surface area contributed by atoms with Crippen molar-refractivity contribution < 1.29 is 8.78 Å². The van der Waals surface area contributed by atoms with Crippen molar-refractivity contribution in [2.75, 3.05) is 10.6 Å². The molecule has 0 spiro atoms. The van der Waals surface area contributed by atoms with Crippen LogP contribution < -0.4 is 10.6 Å². The number of H-pyrrole nitrogens is 1. The Morgan fingerprint density at radius 1 is 1.00 bits per heavy atom. The first-order valence-corrected chi connectivity index (χ1v) is 10.3. The van der Waals surface area contributed by atoms with Gasteiger partial charge in [0.15, 0.2) is 5.82 Å². The summed E-state index contributed by atoms with van der Waals surface area (Å²) in [7, 11) is 0. The molecular weight excluding hydrogens is 388 g/mol. The van der Waals surface area contributed by atoms with Crippen molar-refractivity contribution in [1.29, 1.82) is 0 Å². The molecule has 2 heterocycles. The molecule has 9 heteroatoms. The van der Waals surface area contributed by atoms with Crippen LogP contribution in [0.2, 0.25) is 0 Å². The van der Waals surface area contributed by atoms with Gasteiger partial charge in [0.1, 0.15) is 17.5 Å². The van der Waals surface area contributed by atoms with E-state index in [1.807, 2.05) is 6.07 Å². The van der Waals surface area contributed by atoms with E-state index in [1.165, 1.54) is 31.4 Å². The van der Waals surface area contributed by atoms with Crippen LogP contribution in [0.4, 0.5) is 26.5 Å². The maximum absolute atomic E-state index is 14.1. The normalized spacial score (nSPS) is 17.4. The lowest BCUT2D eigenvalue weighted by atomic mass is 9.83. The number of anilines is 3. The van der Waals surface area contributed by atoms with Crippen molar-refractivity contribution in [2.45, 2.75) is 56.9 Å². The molecule has 2 aromatic heterocycles. The Balaban J connectivity index is 1.37. The summed E-state index contributed by atoms with van der Waals surface area (Å²) in [5.74, 6) is 1.77. The van der Waals surface area contributed by atoms with Gasteiger partial charge >= 0.3 is 0 Å². The van der Waals surface area contributed by atoms with E-state index in [1.54, 1.807) is 6.92 Å². The Hall–Kier alpha value is -3.10. The number of hydrogen-bond acceptors (Lipinski definition) is 6. The summed E-state index contributed by atoms with van der Waals surface area (Å²) in [6.07, 6.45) is 5.71. The van der Waals surface area contributed by atoms with E-state index in [9.17, 15) is 8.78 Å². The van der Waals surface area contributed by atoms with Gasteiger partial charge in [-0.25, -0.2) is 8.78 Å². The lowest BCUT2D eigenvalue weighted by Crippen LogP contribution is -2.14. The third kappa shape index (κ3) is 3.96.